The number of esters is 1. The van der Waals surface area contributed by atoms with Crippen LogP contribution < -0.4 is 5.11 Å². The molecule has 0 aromatic heterocycles. The van der Waals surface area contributed by atoms with Gasteiger partial charge < -0.3 is 9.84 Å². The molecule has 0 aliphatic rings. The monoisotopic (exact) mass is 102 g/mol. The summed E-state index contributed by atoms with van der Waals surface area (Å²) in [5.41, 5.74) is 0. The molecule has 0 fully saturated rings. The predicted octanol–water partition coefficient (Wildman–Crippen LogP) is -0.928. The molecule has 0 bridgehead atoms. The van der Waals surface area contributed by atoms with Gasteiger partial charge in [-0.25, -0.2) is 0 Å². The summed E-state index contributed by atoms with van der Waals surface area (Å²) in [6.07, 6.45) is -0.567. The van der Waals surface area contributed by atoms with Crippen LogP contribution in [-0.2, 0) is 9.53 Å². The molecule has 0 saturated carbocycles. The van der Waals surface area contributed by atoms with Crippen molar-refractivity contribution in [3.63, 3.8) is 0 Å². The van der Waals surface area contributed by atoms with Gasteiger partial charge in [0.15, 0.2) is 0 Å². The van der Waals surface area contributed by atoms with E-state index in [1.54, 1.807) is 0 Å². The largest absolute Gasteiger partial charge is 0.842 e. The van der Waals surface area contributed by atoms with E-state index in [0.717, 1.165) is 6.92 Å². The van der Waals surface area contributed by atoms with E-state index in [-0.39, 0.29) is 0 Å². The highest BCUT2D eigenvalue weighted by molar-refractivity contribution is 5.80. The van der Waals surface area contributed by atoms with Crippen LogP contribution in [0.25, 0.3) is 0 Å². The zero-order chi connectivity index (χ0) is 5.86. The highest BCUT2D eigenvalue weighted by Crippen LogP contribution is 1.85. The van der Waals surface area contributed by atoms with Crippen LogP contribution in [0.15, 0.2) is 0 Å². The maximum atomic E-state index is 9.94. The average molecular weight is 102 g/mol. The Morgan fingerprint density at radius 2 is 2.14 bits per heavy atom. The van der Waals surface area contributed by atoms with Gasteiger partial charge in [-0.1, -0.05) is 6.92 Å². The molecule has 41 valence electrons. The zero-order valence-electron chi connectivity index (χ0n) is 4.22. The molecule has 3 nitrogen and oxygen atoms in total. The van der Waals surface area contributed by atoms with Gasteiger partial charge >= 0.3 is 0 Å². The Kier molecular flexibility index (Phi) is 2.37. The summed E-state index contributed by atoms with van der Waals surface area (Å²) in [6, 6.07) is 0. The van der Waals surface area contributed by atoms with Gasteiger partial charge in [0.2, 0.25) is 0 Å². The number of hydrogen-bond donors (Lipinski definition) is 0. The van der Waals surface area contributed by atoms with Crippen molar-refractivity contribution in [3.05, 3.63) is 6.10 Å². The molecule has 0 aliphatic heterocycles. The van der Waals surface area contributed by atoms with Gasteiger partial charge in [0.05, 0.1) is 7.11 Å². The first-order valence-corrected chi connectivity index (χ1v) is 1.77. The molecular formula is C4H6O3-. The molecule has 0 heterocycles. The number of carbonyl (C=O) groups is 1. The predicted molar refractivity (Wildman–Crippen MR) is 20.9 cm³/mol. The average Bonchev–Trinajstić information content (AvgIpc) is 1.65. The van der Waals surface area contributed by atoms with Crippen LogP contribution >= 0.6 is 0 Å². The van der Waals surface area contributed by atoms with E-state index in [9.17, 15) is 9.90 Å². The Balaban J connectivity index is 3.35. The summed E-state index contributed by atoms with van der Waals surface area (Å²) < 4.78 is 4.02. The Bertz CT molecular complexity index is 67.3. The summed E-state index contributed by atoms with van der Waals surface area (Å²) in [5, 5.41) is 9.90. The first kappa shape index (κ1) is 6.43. The van der Waals surface area contributed by atoms with Gasteiger partial charge in [0.25, 0.3) is 5.97 Å². The molecule has 0 aromatic rings. The summed E-state index contributed by atoms with van der Waals surface area (Å²) in [5.74, 6) is -0.792. The van der Waals surface area contributed by atoms with Crippen molar-refractivity contribution in [2.24, 2.45) is 0 Å². The van der Waals surface area contributed by atoms with Crippen molar-refractivity contribution in [1.82, 2.24) is 0 Å². The van der Waals surface area contributed by atoms with Crippen LogP contribution in [0.1, 0.15) is 6.92 Å². The molecule has 0 aromatic carbocycles. The molecule has 0 N–H and O–H groups in total. The van der Waals surface area contributed by atoms with E-state index in [0.29, 0.717) is 0 Å². The molecule has 0 rings (SSSR count). The molecule has 0 spiro atoms. The molecule has 1 radical (unpaired) electrons. The second kappa shape index (κ2) is 2.58. The van der Waals surface area contributed by atoms with Crippen molar-refractivity contribution in [1.29, 1.82) is 0 Å². The molecule has 0 aliphatic carbocycles. The summed E-state index contributed by atoms with van der Waals surface area (Å²) in [4.78, 5) is 9.94. The minimum atomic E-state index is -0.792. The first-order valence-electron chi connectivity index (χ1n) is 1.77. The maximum Gasteiger partial charge on any atom is 0.294 e. The highest BCUT2D eigenvalue weighted by Gasteiger charge is 1.95. The minimum Gasteiger partial charge on any atom is -0.842 e. The Hall–Kier alpha value is -0.570. The van der Waals surface area contributed by atoms with Gasteiger partial charge in [-0.15, -0.1) is 0 Å². The second-order valence-electron chi connectivity index (χ2n) is 1.05. The van der Waals surface area contributed by atoms with Crippen LogP contribution in [0.5, 0.6) is 0 Å². The smallest absolute Gasteiger partial charge is 0.294 e. The fraction of sp³-hybridized carbons (Fsp3) is 0.500. The van der Waals surface area contributed by atoms with Crippen LogP contribution in [-0.4, -0.2) is 13.1 Å². The molecule has 7 heavy (non-hydrogen) atoms. The lowest BCUT2D eigenvalue weighted by Crippen LogP contribution is -2.22. The lowest BCUT2D eigenvalue weighted by molar-refractivity contribution is -0.344. The summed E-state index contributed by atoms with van der Waals surface area (Å²) >= 11 is 0. The van der Waals surface area contributed by atoms with E-state index >= 15 is 0 Å². The highest BCUT2D eigenvalue weighted by atomic mass is 16.5. The lowest BCUT2D eigenvalue weighted by Gasteiger charge is -2.10. The first-order chi connectivity index (χ1) is 3.18. The molecule has 0 unspecified atom stereocenters. The van der Waals surface area contributed by atoms with Crippen LogP contribution in [0, 0.1) is 6.10 Å². The molecule has 3 heteroatoms. The van der Waals surface area contributed by atoms with Crippen LogP contribution in [0.3, 0.4) is 0 Å². The van der Waals surface area contributed by atoms with E-state index < -0.39 is 12.1 Å². The molecule has 0 amide bonds. The SMILES string of the molecule is COC(=O)[C](C)[O-]. The van der Waals surface area contributed by atoms with Crippen molar-refractivity contribution in [3.8, 4) is 0 Å². The Labute approximate surface area is 41.9 Å². The number of carbonyl (C=O) groups excluding carboxylic acids is 1. The van der Waals surface area contributed by atoms with Crippen molar-refractivity contribution in [2.75, 3.05) is 7.11 Å². The summed E-state index contributed by atoms with van der Waals surface area (Å²) in [7, 11) is 1.17. The van der Waals surface area contributed by atoms with Gasteiger partial charge in [-0.05, 0) is 6.10 Å². The number of hydrogen-bond acceptors (Lipinski definition) is 3. The van der Waals surface area contributed by atoms with E-state index in [2.05, 4.69) is 4.74 Å². The molecule has 0 atom stereocenters. The van der Waals surface area contributed by atoms with Gasteiger partial charge in [-0.2, -0.15) is 0 Å². The molecule has 0 saturated heterocycles. The lowest BCUT2D eigenvalue weighted by atomic mass is 10.4. The fourth-order valence-corrected chi connectivity index (χ4v) is 0.144. The fourth-order valence-electron chi connectivity index (χ4n) is 0.144. The van der Waals surface area contributed by atoms with Crippen LogP contribution in [0.2, 0.25) is 0 Å². The summed E-state index contributed by atoms with van der Waals surface area (Å²) in [6.45, 7) is 1.16. The third kappa shape index (κ3) is 2.17. The van der Waals surface area contributed by atoms with E-state index in [4.69, 9.17) is 0 Å². The quantitative estimate of drug-likeness (QED) is 0.402. The van der Waals surface area contributed by atoms with Crippen molar-refractivity contribution >= 4 is 5.97 Å². The topological polar surface area (TPSA) is 49.4 Å². The second-order valence-corrected chi connectivity index (χ2v) is 1.05. The number of methoxy groups -OCH3 is 1. The van der Waals surface area contributed by atoms with Crippen molar-refractivity contribution < 1.29 is 14.6 Å². The maximum absolute atomic E-state index is 9.94. The van der Waals surface area contributed by atoms with Gasteiger partial charge in [0.1, 0.15) is 0 Å². The van der Waals surface area contributed by atoms with E-state index in [1.807, 2.05) is 0 Å². The number of ether oxygens (including phenoxy) is 1. The van der Waals surface area contributed by atoms with E-state index in [1.165, 1.54) is 7.11 Å². The zero-order valence-corrected chi connectivity index (χ0v) is 4.22. The molecular weight excluding hydrogens is 96.0 g/mol. The minimum absolute atomic E-state index is 0.567. The Morgan fingerprint density at radius 3 is 2.14 bits per heavy atom. The third-order valence-electron chi connectivity index (χ3n) is 0.473. The van der Waals surface area contributed by atoms with Crippen LogP contribution in [0.4, 0.5) is 0 Å². The normalized spacial score (nSPS) is 9.14. The Morgan fingerprint density at radius 1 is 1.71 bits per heavy atom. The standard InChI is InChI=1S/C4H6O3/c1-3(5)4(6)7-2/h1-2H3/q-1. The van der Waals surface area contributed by atoms with Gasteiger partial charge in [-0.3, -0.25) is 4.79 Å². The van der Waals surface area contributed by atoms with Gasteiger partial charge in [0, 0.05) is 0 Å². The number of rotatable bonds is 1. The third-order valence-corrected chi connectivity index (χ3v) is 0.473. The van der Waals surface area contributed by atoms with Crippen molar-refractivity contribution in [2.45, 2.75) is 6.92 Å².